The Kier molecular flexibility index (Phi) is 2.83. The molecule has 0 amide bonds. The summed E-state index contributed by atoms with van der Waals surface area (Å²) in [6.45, 7) is 0. The van der Waals surface area contributed by atoms with Gasteiger partial charge in [-0.2, -0.15) is 0 Å². The highest BCUT2D eigenvalue weighted by Crippen LogP contribution is 2.34. The van der Waals surface area contributed by atoms with Crippen LogP contribution in [0.15, 0.2) is 0 Å². The van der Waals surface area contributed by atoms with E-state index in [9.17, 15) is 9.36 Å². The number of rotatable bonds is 2. The van der Waals surface area contributed by atoms with Crippen molar-refractivity contribution >= 4 is 28.2 Å². The molecule has 0 saturated heterocycles. The average Bonchev–Trinajstić information content (AvgIpc) is 1.21. The Balaban J connectivity index is 3.74. The van der Waals surface area contributed by atoms with E-state index in [1.165, 1.54) is 0 Å². The Morgan fingerprint density at radius 1 is 1.62 bits per heavy atom. The molecule has 0 aromatic carbocycles. The van der Waals surface area contributed by atoms with Crippen LogP contribution in [0.25, 0.3) is 0 Å². The van der Waals surface area contributed by atoms with Crippen molar-refractivity contribution < 1.29 is 19.1 Å². The molecule has 0 aliphatic rings. The van der Waals surface area contributed by atoms with Gasteiger partial charge in [0.2, 0.25) is 4.69 Å². The lowest BCUT2D eigenvalue weighted by atomic mass is 10.9. The fourth-order valence-electron chi connectivity index (χ4n) is 0.162. The molecule has 0 rings (SSSR count). The highest BCUT2D eigenvalue weighted by Gasteiger charge is 2.15. The van der Waals surface area contributed by atoms with Crippen LogP contribution in [0.4, 0.5) is 0 Å². The SMILES string of the molecule is O=C(Br)CP(=O)(O)O. The Labute approximate surface area is 54.2 Å². The number of carbonyl (C=O) groups excluding carboxylic acids is 1. The van der Waals surface area contributed by atoms with Crippen molar-refractivity contribution in [2.75, 3.05) is 6.16 Å². The smallest absolute Gasteiger partial charge is 0.324 e. The second-order valence-corrected chi connectivity index (χ2v) is 3.71. The van der Waals surface area contributed by atoms with Gasteiger partial charge in [-0.15, -0.1) is 0 Å². The van der Waals surface area contributed by atoms with Crippen LogP contribution in [-0.4, -0.2) is 20.6 Å². The van der Waals surface area contributed by atoms with Gasteiger partial charge in [0.15, 0.2) is 0 Å². The molecule has 0 heterocycles. The van der Waals surface area contributed by atoms with Gasteiger partial charge >= 0.3 is 7.60 Å². The van der Waals surface area contributed by atoms with Gasteiger partial charge in [-0.25, -0.2) is 0 Å². The van der Waals surface area contributed by atoms with Crippen molar-refractivity contribution in [1.82, 2.24) is 0 Å². The topological polar surface area (TPSA) is 74.6 Å². The molecule has 0 aromatic heterocycles. The molecule has 0 saturated carbocycles. The van der Waals surface area contributed by atoms with Crippen molar-refractivity contribution in [3.05, 3.63) is 0 Å². The summed E-state index contributed by atoms with van der Waals surface area (Å²) >= 11 is 2.38. The number of hydrogen-bond donors (Lipinski definition) is 2. The first-order valence-corrected chi connectivity index (χ1v) is 4.24. The molecule has 2 N–H and O–H groups in total. The van der Waals surface area contributed by atoms with Crippen LogP contribution < -0.4 is 0 Å². The second-order valence-electron chi connectivity index (χ2n) is 1.18. The maximum absolute atomic E-state index is 9.89. The second kappa shape index (κ2) is 2.73. The Morgan fingerprint density at radius 3 is 2.00 bits per heavy atom. The maximum Gasteiger partial charge on any atom is 0.333 e. The van der Waals surface area contributed by atoms with Crippen molar-refractivity contribution in [3.8, 4) is 0 Å². The minimum Gasteiger partial charge on any atom is -0.324 e. The number of hydrogen-bond acceptors (Lipinski definition) is 2. The Bertz CT molecular complexity index is 137. The van der Waals surface area contributed by atoms with E-state index in [-0.39, 0.29) is 0 Å². The zero-order chi connectivity index (χ0) is 6.78. The van der Waals surface area contributed by atoms with Gasteiger partial charge in [0.1, 0.15) is 6.16 Å². The molecule has 0 fully saturated rings. The summed E-state index contributed by atoms with van der Waals surface area (Å²) in [7, 11) is -4.12. The van der Waals surface area contributed by atoms with Gasteiger partial charge in [-0.05, 0) is 15.9 Å². The van der Waals surface area contributed by atoms with E-state index in [1.807, 2.05) is 0 Å². The van der Waals surface area contributed by atoms with E-state index in [4.69, 9.17) is 9.79 Å². The first kappa shape index (κ1) is 8.30. The zero-order valence-electron chi connectivity index (χ0n) is 3.74. The van der Waals surface area contributed by atoms with E-state index in [0.717, 1.165) is 0 Å². The van der Waals surface area contributed by atoms with Gasteiger partial charge in [-0.1, -0.05) is 0 Å². The van der Waals surface area contributed by atoms with Crippen LogP contribution in [0, 0.1) is 0 Å². The predicted molar refractivity (Wildman–Crippen MR) is 30.8 cm³/mol. The summed E-state index contributed by atoms with van der Waals surface area (Å²) in [5, 5.41) is 0. The molecule has 0 radical (unpaired) electrons. The van der Waals surface area contributed by atoms with Crippen LogP contribution in [0.5, 0.6) is 0 Å². The monoisotopic (exact) mass is 202 g/mol. The van der Waals surface area contributed by atoms with Gasteiger partial charge in [0, 0.05) is 0 Å². The molecule has 48 valence electrons. The molecule has 0 unspecified atom stereocenters. The molecule has 0 atom stereocenters. The minimum absolute atomic E-state index is 0.675. The molecule has 8 heavy (non-hydrogen) atoms. The molecule has 0 aliphatic carbocycles. The molecule has 0 bridgehead atoms. The first-order valence-electron chi connectivity index (χ1n) is 1.65. The Hall–Kier alpha value is 0.300. The van der Waals surface area contributed by atoms with E-state index in [0.29, 0.717) is 0 Å². The summed E-state index contributed by atoms with van der Waals surface area (Å²) in [4.78, 5) is 26.0. The minimum atomic E-state index is -4.12. The van der Waals surface area contributed by atoms with Gasteiger partial charge < -0.3 is 9.79 Å². The van der Waals surface area contributed by atoms with Gasteiger partial charge in [0.05, 0.1) is 0 Å². The number of halogens is 1. The third kappa shape index (κ3) is 6.30. The summed E-state index contributed by atoms with van der Waals surface area (Å²) in [6, 6.07) is 0. The zero-order valence-corrected chi connectivity index (χ0v) is 6.22. The molecule has 0 aliphatic heterocycles. The summed E-state index contributed by atoms with van der Waals surface area (Å²) in [5.41, 5.74) is 0. The quantitative estimate of drug-likeness (QED) is 0.492. The largest absolute Gasteiger partial charge is 0.333 e. The van der Waals surface area contributed by atoms with E-state index in [2.05, 4.69) is 15.9 Å². The van der Waals surface area contributed by atoms with E-state index in [1.54, 1.807) is 0 Å². The van der Waals surface area contributed by atoms with Crippen molar-refractivity contribution in [2.45, 2.75) is 0 Å². The fourth-order valence-corrected chi connectivity index (χ4v) is 1.47. The molecular weight excluding hydrogens is 199 g/mol. The molecule has 4 nitrogen and oxygen atoms in total. The Morgan fingerprint density at radius 2 is 2.00 bits per heavy atom. The first-order chi connectivity index (χ1) is 3.42. The lowest BCUT2D eigenvalue weighted by molar-refractivity contribution is -0.108. The van der Waals surface area contributed by atoms with Crippen LogP contribution in [-0.2, 0) is 9.36 Å². The van der Waals surface area contributed by atoms with Crippen LogP contribution in [0.1, 0.15) is 0 Å². The standard InChI is InChI=1S/C2H4BrO4P/c3-2(4)1-8(5,6)7/h1H2,(H2,5,6,7). The highest BCUT2D eigenvalue weighted by molar-refractivity contribution is 9.18. The average molecular weight is 203 g/mol. The lowest BCUT2D eigenvalue weighted by Crippen LogP contribution is -1.94. The highest BCUT2D eigenvalue weighted by atomic mass is 79.9. The fraction of sp³-hybridized carbons (Fsp3) is 0.500. The third-order valence-electron chi connectivity index (χ3n) is 0.330. The summed E-state index contributed by atoms with van der Waals surface area (Å²) in [6.07, 6.45) is -0.729. The van der Waals surface area contributed by atoms with Crippen LogP contribution >= 0.6 is 23.5 Å². The third-order valence-corrected chi connectivity index (χ3v) is 1.74. The van der Waals surface area contributed by atoms with Crippen LogP contribution in [0.2, 0.25) is 0 Å². The molecular formula is C2H4BrO4P. The van der Waals surface area contributed by atoms with Gasteiger partial charge in [0.25, 0.3) is 0 Å². The molecule has 6 heteroatoms. The van der Waals surface area contributed by atoms with E-state index < -0.39 is 18.5 Å². The maximum atomic E-state index is 9.89. The van der Waals surface area contributed by atoms with Crippen molar-refractivity contribution in [2.24, 2.45) is 0 Å². The van der Waals surface area contributed by atoms with Crippen LogP contribution in [0.3, 0.4) is 0 Å². The number of carbonyl (C=O) groups is 1. The normalized spacial score (nSPS) is 11.4. The van der Waals surface area contributed by atoms with Crippen molar-refractivity contribution in [1.29, 1.82) is 0 Å². The van der Waals surface area contributed by atoms with E-state index >= 15 is 0 Å². The predicted octanol–water partition coefficient (Wildman–Crippen LogP) is 0.0856. The van der Waals surface area contributed by atoms with Crippen molar-refractivity contribution in [3.63, 3.8) is 0 Å². The molecule has 0 aromatic rings. The summed E-state index contributed by atoms with van der Waals surface area (Å²) < 4.78 is 9.21. The molecule has 0 spiro atoms. The summed E-state index contributed by atoms with van der Waals surface area (Å²) in [5.74, 6) is 0. The van der Waals surface area contributed by atoms with Gasteiger partial charge in [-0.3, -0.25) is 9.36 Å². The lowest BCUT2D eigenvalue weighted by Gasteiger charge is -1.95.